The molecule has 1 aliphatic heterocycles. The summed E-state index contributed by atoms with van der Waals surface area (Å²) >= 11 is -4.32. The van der Waals surface area contributed by atoms with E-state index in [1.165, 1.54) is 0 Å². The Balaban J connectivity index is 1.79. The molecule has 0 amide bonds. The average molecular weight is 540 g/mol. The van der Waals surface area contributed by atoms with Gasteiger partial charge in [-0.15, -0.1) is 0 Å². The van der Waals surface area contributed by atoms with Crippen molar-refractivity contribution >= 4 is 38.3 Å². The van der Waals surface area contributed by atoms with E-state index in [2.05, 4.69) is 29.3 Å². The first-order valence-corrected chi connectivity index (χ1v) is 15.9. The molecular formula is C28H23NO3Sn. The predicted molar refractivity (Wildman–Crippen MR) is 135 cm³/mol. The Kier molecular flexibility index (Phi) is 6.17. The molecule has 0 N–H and O–H groups in total. The summed E-state index contributed by atoms with van der Waals surface area (Å²) in [7, 11) is 1.65. The molecule has 0 saturated carbocycles. The fraction of sp³-hybridized carbons (Fsp3) is 0.0357. The van der Waals surface area contributed by atoms with Crippen LogP contribution in [0.4, 0.5) is 0 Å². The zero-order valence-electron chi connectivity index (χ0n) is 18.2. The molecule has 0 bridgehead atoms. The Labute approximate surface area is 198 Å². The summed E-state index contributed by atoms with van der Waals surface area (Å²) in [6.45, 7) is 0. The number of aliphatic imine (C=N–C) groups is 1. The monoisotopic (exact) mass is 541 g/mol. The maximum absolute atomic E-state index is 7.05. The second-order valence-electron chi connectivity index (χ2n) is 7.59. The van der Waals surface area contributed by atoms with Crippen LogP contribution in [0.3, 0.4) is 0 Å². The minimum absolute atomic E-state index is 0.690. The molecule has 162 valence electrons. The summed E-state index contributed by atoms with van der Waals surface area (Å²) in [6.07, 6.45) is 3.59. The Bertz CT molecular complexity index is 1250. The molecule has 33 heavy (non-hydrogen) atoms. The molecule has 5 heteroatoms. The standard InChI is InChI=1S/C16H15NO3.2C6H5.Sn/c1-20-14-8-7-13(15(18)9-14)10-17-11-16(19)12-5-3-2-4-6-12;2*1-2-4-6-5-3-1;/h2-11,18-19H,1H3;2*1-5H;/q;;;+2/p-2/b16-11-,17-10?;;;. The van der Waals surface area contributed by atoms with Crippen LogP contribution in [-0.4, -0.2) is 32.5 Å². The summed E-state index contributed by atoms with van der Waals surface area (Å²) in [5.41, 5.74) is 1.83. The Morgan fingerprint density at radius 3 is 1.91 bits per heavy atom. The summed E-state index contributed by atoms with van der Waals surface area (Å²) in [4.78, 5) is 4.60. The second kappa shape index (κ2) is 9.55. The summed E-state index contributed by atoms with van der Waals surface area (Å²) in [5.74, 6) is 2.11. The van der Waals surface area contributed by atoms with Crippen LogP contribution in [0, 0.1) is 0 Å². The minimum atomic E-state index is -4.32. The van der Waals surface area contributed by atoms with Crippen molar-refractivity contribution in [1.29, 1.82) is 0 Å². The van der Waals surface area contributed by atoms with Gasteiger partial charge in [0.15, 0.2) is 0 Å². The van der Waals surface area contributed by atoms with Gasteiger partial charge in [-0.25, -0.2) is 0 Å². The molecule has 0 saturated heterocycles. The molecule has 0 spiro atoms. The van der Waals surface area contributed by atoms with E-state index in [0.29, 0.717) is 11.5 Å². The average Bonchev–Trinajstić information content (AvgIpc) is 2.97. The van der Waals surface area contributed by atoms with E-state index >= 15 is 0 Å². The number of ether oxygens (including phenoxy) is 1. The molecule has 4 aromatic carbocycles. The maximum atomic E-state index is 7.05. The van der Waals surface area contributed by atoms with Gasteiger partial charge in [-0.2, -0.15) is 0 Å². The zero-order chi connectivity index (χ0) is 22.5. The topological polar surface area (TPSA) is 40.0 Å². The SMILES string of the molecule is COc1ccc2c(c1)[O][Sn]([c]1ccccc1)([c]1ccccc1)[O]/C(c1ccccc1)=C\N=C2. The van der Waals surface area contributed by atoms with Crippen molar-refractivity contribution in [3.05, 3.63) is 127 Å². The van der Waals surface area contributed by atoms with E-state index in [0.717, 1.165) is 24.0 Å². The molecule has 4 aromatic rings. The van der Waals surface area contributed by atoms with Gasteiger partial charge in [-0.05, 0) is 0 Å². The third-order valence-electron chi connectivity index (χ3n) is 5.50. The fourth-order valence-electron chi connectivity index (χ4n) is 3.83. The van der Waals surface area contributed by atoms with Crippen molar-refractivity contribution in [2.75, 3.05) is 7.11 Å². The first-order valence-electron chi connectivity index (χ1n) is 10.7. The molecule has 0 atom stereocenters. The Morgan fingerprint density at radius 2 is 1.30 bits per heavy atom. The second-order valence-corrected chi connectivity index (χ2v) is 15.6. The van der Waals surface area contributed by atoms with Crippen molar-refractivity contribution in [3.63, 3.8) is 0 Å². The van der Waals surface area contributed by atoms with Crippen LogP contribution < -0.4 is 15.0 Å². The van der Waals surface area contributed by atoms with Crippen molar-refractivity contribution in [2.24, 2.45) is 4.99 Å². The van der Waals surface area contributed by atoms with Crippen LogP contribution in [-0.2, 0) is 3.07 Å². The van der Waals surface area contributed by atoms with Gasteiger partial charge in [0.25, 0.3) is 0 Å². The molecular weight excluding hydrogens is 517 g/mol. The summed E-state index contributed by atoms with van der Waals surface area (Å²) in [5, 5.41) is 0. The Hall–Kier alpha value is -3.51. The van der Waals surface area contributed by atoms with Crippen LogP contribution in [0.15, 0.2) is 120 Å². The van der Waals surface area contributed by atoms with Crippen molar-refractivity contribution in [1.82, 2.24) is 0 Å². The molecule has 0 aromatic heterocycles. The van der Waals surface area contributed by atoms with Crippen LogP contribution >= 0.6 is 0 Å². The van der Waals surface area contributed by atoms with Gasteiger partial charge in [0, 0.05) is 0 Å². The molecule has 0 fully saturated rings. The number of nitrogens with zero attached hydrogens (tertiary/aromatic N) is 1. The van der Waals surface area contributed by atoms with E-state index in [4.69, 9.17) is 10.9 Å². The van der Waals surface area contributed by atoms with Gasteiger partial charge in [0.1, 0.15) is 0 Å². The van der Waals surface area contributed by atoms with E-state index in [-0.39, 0.29) is 0 Å². The number of hydrogen-bond acceptors (Lipinski definition) is 4. The van der Waals surface area contributed by atoms with Crippen LogP contribution in [0.1, 0.15) is 11.1 Å². The van der Waals surface area contributed by atoms with Gasteiger partial charge in [0.05, 0.1) is 0 Å². The predicted octanol–water partition coefficient (Wildman–Crippen LogP) is 4.78. The zero-order valence-corrected chi connectivity index (χ0v) is 21.1. The molecule has 0 aliphatic carbocycles. The van der Waals surface area contributed by atoms with E-state index in [1.807, 2.05) is 84.9 Å². The number of benzene rings is 4. The van der Waals surface area contributed by atoms with Crippen LogP contribution in [0.2, 0.25) is 0 Å². The van der Waals surface area contributed by atoms with Gasteiger partial charge < -0.3 is 0 Å². The molecule has 0 unspecified atom stereocenters. The van der Waals surface area contributed by atoms with E-state index < -0.39 is 19.2 Å². The molecule has 4 nitrogen and oxygen atoms in total. The van der Waals surface area contributed by atoms with E-state index in [9.17, 15) is 0 Å². The number of methoxy groups -OCH3 is 1. The van der Waals surface area contributed by atoms with E-state index in [1.54, 1.807) is 19.5 Å². The normalized spacial score (nSPS) is 16.0. The van der Waals surface area contributed by atoms with Crippen molar-refractivity contribution in [3.8, 4) is 11.5 Å². The van der Waals surface area contributed by atoms with Crippen LogP contribution in [0.25, 0.3) is 5.76 Å². The van der Waals surface area contributed by atoms with Crippen molar-refractivity contribution in [2.45, 2.75) is 0 Å². The number of fused-ring (bicyclic) bond motifs is 1. The van der Waals surface area contributed by atoms with Crippen LogP contribution in [0.5, 0.6) is 11.5 Å². The molecule has 1 aliphatic rings. The van der Waals surface area contributed by atoms with Crippen molar-refractivity contribution < 1.29 is 10.9 Å². The summed E-state index contributed by atoms with van der Waals surface area (Å²) in [6, 6.07) is 36.4. The first kappa shape index (κ1) is 21.3. The molecule has 1 heterocycles. The number of hydrogen-bond donors (Lipinski definition) is 0. The quantitative estimate of drug-likeness (QED) is 0.350. The number of rotatable bonds is 4. The van der Waals surface area contributed by atoms with Gasteiger partial charge in [-0.1, -0.05) is 0 Å². The van der Waals surface area contributed by atoms with Gasteiger partial charge >= 0.3 is 199 Å². The first-order chi connectivity index (χ1) is 16.3. The van der Waals surface area contributed by atoms with Gasteiger partial charge in [0.2, 0.25) is 0 Å². The van der Waals surface area contributed by atoms with Gasteiger partial charge in [-0.3, -0.25) is 0 Å². The third-order valence-corrected chi connectivity index (χ3v) is 14.6. The fourth-order valence-corrected chi connectivity index (χ4v) is 12.6. The third kappa shape index (κ3) is 4.39. The summed E-state index contributed by atoms with van der Waals surface area (Å²) < 4.78 is 21.7. The molecule has 5 rings (SSSR count). The Morgan fingerprint density at radius 1 is 0.697 bits per heavy atom. The molecule has 0 radical (unpaired) electrons.